The van der Waals surface area contributed by atoms with Crippen molar-refractivity contribution in [2.24, 2.45) is 17.8 Å². The molecular weight excluding hydrogens is 781 g/mol. The maximum absolute atomic E-state index is 14.0. The van der Waals surface area contributed by atoms with E-state index in [0.29, 0.717) is 44.4 Å². The van der Waals surface area contributed by atoms with Crippen molar-refractivity contribution < 1.29 is 38.1 Å². The van der Waals surface area contributed by atoms with Crippen molar-refractivity contribution >= 4 is 45.8 Å². The third-order valence-corrected chi connectivity index (χ3v) is 12.2. The average molecular weight is 835 g/mol. The number of rotatable bonds is 11. The van der Waals surface area contributed by atoms with Crippen LogP contribution in [0.5, 0.6) is 5.75 Å². The van der Waals surface area contributed by atoms with E-state index in [0.717, 1.165) is 68.5 Å². The van der Waals surface area contributed by atoms with Crippen LogP contribution < -0.4 is 15.4 Å². The highest BCUT2D eigenvalue weighted by molar-refractivity contribution is 6.05. The number of ether oxygens (including phenoxy) is 4. The zero-order valence-electron chi connectivity index (χ0n) is 35.7. The van der Waals surface area contributed by atoms with Gasteiger partial charge in [-0.3, -0.25) is 9.59 Å². The lowest BCUT2D eigenvalue weighted by Crippen LogP contribution is -2.51. The van der Waals surface area contributed by atoms with E-state index in [1.54, 1.807) is 7.11 Å². The van der Waals surface area contributed by atoms with E-state index >= 15 is 0 Å². The summed E-state index contributed by atoms with van der Waals surface area (Å²) < 4.78 is 21.4. The summed E-state index contributed by atoms with van der Waals surface area (Å²) in [5.41, 5.74) is 6.20. The topological polar surface area (TPSA) is 193 Å². The molecule has 3 aliphatic heterocycles. The molecule has 0 aliphatic carbocycles. The normalized spacial score (nSPS) is 19.5. The minimum atomic E-state index is -0.755. The Kier molecular flexibility index (Phi) is 11.6. The summed E-state index contributed by atoms with van der Waals surface area (Å²) >= 11 is 0. The van der Waals surface area contributed by atoms with Crippen LogP contribution in [0.25, 0.3) is 44.2 Å². The second-order valence-corrected chi connectivity index (χ2v) is 16.9. The first-order chi connectivity index (χ1) is 29.4. The van der Waals surface area contributed by atoms with Crippen LogP contribution in [0.4, 0.5) is 9.59 Å². The van der Waals surface area contributed by atoms with E-state index in [-0.39, 0.29) is 41.7 Å². The summed E-state index contributed by atoms with van der Waals surface area (Å²) in [6.45, 7) is 9.45. The van der Waals surface area contributed by atoms with Gasteiger partial charge in [-0.05, 0) is 71.9 Å². The van der Waals surface area contributed by atoms with Crippen molar-refractivity contribution in [3.63, 3.8) is 0 Å². The summed E-state index contributed by atoms with van der Waals surface area (Å²) in [4.78, 5) is 72.7. The number of likely N-dealkylation sites (tertiary alicyclic amines) is 2. The van der Waals surface area contributed by atoms with Gasteiger partial charge in [0.15, 0.2) is 0 Å². The van der Waals surface area contributed by atoms with Crippen LogP contribution in [0.15, 0.2) is 48.5 Å². The Morgan fingerprint density at radius 2 is 1.49 bits per heavy atom. The van der Waals surface area contributed by atoms with E-state index in [1.807, 2.05) is 55.7 Å². The molecule has 5 aromatic rings. The van der Waals surface area contributed by atoms with E-state index in [2.05, 4.69) is 50.9 Å². The van der Waals surface area contributed by atoms with Crippen LogP contribution in [0.3, 0.4) is 0 Å². The van der Waals surface area contributed by atoms with Crippen molar-refractivity contribution in [3.8, 4) is 28.1 Å². The molecule has 0 radical (unpaired) electrons. The van der Waals surface area contributed by atoms with Gasteiger partial charge in [-0.15, -0.1) is 0 Å². The Bertz CT molecular complexity index is 2480. The molecule has 2 saturated heterocycles. The Morgan fingerprint density at radius 1 is 0.820 bits per heavy atom. The Hall–Kier alpha value is -6.16. The van der Waals surface area contributed by atoms with Crippen molar-refractivity contribution in [3.05, 3.63) is 65.9 Å². The highest BCUT2D eigenvalue weighted by Crippen LogP contribution is 2.42. The molecule has 0 unspecified atom stereocenters. The Morgan fingerprint density at radius 3 is 2.18 bits per heavy atom. The van der Waals surface area contributed by atoms with Crippen LogP contribution >= 0.6 is 0 Å². The number of nitrogens with one attached hydrogen (secondary N) is 4. The summed E-state index contributed by atoms with van der Waals surface area (Å²) in [5.74, 6) is 1.60. The Labute approximate surface area is 354 Å². The largest absolute Gasteiger partial charge is 0.487 e. The van der Waals surface area contributed by atoms with Crippen molar-refractivity contribution in [1.29, 1.82) is 0 Å². The standard InChI is InChI=1S/C45H54N8O8/c1-23(2)36(50-44(56)59-6)42(54)52-16-8-9-33(52)40-47-32-22-61-35-19-27(11-14-30(35)39(32)49-40)26-10-13-29-28(18-26)12-15-31-38(29)48-41(46-31)34-17-25(21-58-5)20-53(34)43(55)37(24(3)4)51-45(57)60-7/h10-15,18-19,23-25,33-34,36-37H,8-9,16-17,20-22H2,1-7H3,(H,46,48)(H,47,49)(H,50,56)(H,51,57)/t25-,33-,34-,36-,37-/m0/s1. The quantitative estimate of drug-likeness (QED) is 0.112. The number of hydrogen-bond acceptors (Lipinski definition) is 10. The monoisotopic (exact) mass is 834 g/mol. The maximum Gasteiger partial charge on any atom is 0.407 e. The lowest BCUT2D eigenvalue weighted by molar-refractivity contribution is -0.136. The summed E-state index contributed by atoms with van der Waals surface area (Å²) in [6.07, 6.45) is 0.963. The van der Waals surface area contributed by atoms with E-state index in [4.69, 9.17) is 28.9 Å². The number of aromatic nitrogens is 4. The van der Waals surface area contributed by atoms with Crippen molar-refractivity contribution in [1.82, 2.24) is 40.4 Å². The number of carbonyl (C=O) groups is 4. The molecule has 16 heteroatoms. The molecule has 3 aliphatic rings. The van der Waals surface area contributed by atoms with E-state index in [1.165, 1.54) is 14.2 Å². The summed E-state index contributed by atoms with van der Waals surface area (Å²) in [6, 6.07) is 14.5. The SMILES string of the molecule is COC[C@H]1C[C@@H](c2nc3c(ccc4cc(-c5ccc6c(c5)OCc5[nH]c([C@@H]7CCCN7C(=O)[C@@H](NC(=O)OC)C(C)C)nc5-6)ccc43)[nH]2)N(C(=O)[C@@H](NC(=O)OC)C(C)C)C1. The molecule has 322 valence electrons. The first-order valence-corrected chi connectivity index (χ1v) is 21.0. The molecule has 0 saturated carbocycles. The first kappa shape index (κ1) is 41.6. The molecule has 8 rings (SSSR count). The van der Waals surface area contributed by atoms with Gasteiger partial charge >= 0.3 is 12.2 Å². The van der Waals surface area contributed by atoms with Crippen LogP contribution in [0, 0.1) is 17.8 Å². The first-order valence-electron chi connectivity index (χ1n) is 21.0. The molecule has 16 nitrogen and oxygen atoms in total. The fourth-order valence-corrected chi connectivity index (χ4v) is 9.09. The third kappa shape index (κ3) is 7.96. The molecule has 5 atom stereocenters. The number of aromatic amines is 2. The number of benzene rings is 3. The number of fused-ring (bicyclic) bond motifs is 6. The highest BCUT2D eigenvalue weighted by atomic mass is 16.5. The van der Waals surface area contributed by atoms with Crippen LogP contribution in [-0.2, 0) is 30.4 Å². The number of H-pyrrole nitrogens is 2. The molecule has 2 fully saturated rings. The fraction of sp³-hybridized carbons (Fsp3) is 0.467. The lowest BCUT2D eigenvalue weighted by atomic mass is 9.97. The van der Waals surface area contributed by atoms with Gasteiger partial charge in [0.1, 0.15) is 36.1 Å². The van der Waals surface area contributed by atoms with Gasteiger partial charge < -0.3 is 49.3 Å². The molecule has 61 heavy (non-hydrogen) atoms. The van der Waals surface area contributed by atoms with Gasteiger partial charge in [-0.1, -0.05) is 52.0 Å². The minimum Gasteiger partial charge on any atom is -0.487 e. The average Bonchev–Trinajstić information content (AvgIpc) is 4.09. The number of alkyl carbamates (subject to hydrolysis) is 2. The second-order valence-electron chi connectivity index (χ2n) is 16.9. The second kappa shape index (κ2) is 17.1. The number of hydrogen-bond donors (Lipinski definition) is 4. The molecule has 4 amide bonds. The van der Waals surface area contributed by atoms with Crippen LogP contribution in [0.1, 0.15) is 76.4 Å². The minimum absolute atomic E-state index is 0.105. The summed E-state index contributed by atoms with van der Waals surface area (Å²) in [7, 11) is 4.23. The molecule has 0 spiro atoms. The van der Waals surface area contributed by atoms with E-state index < -0.39 is 24.3 Å². The smallest absolute Gasteiger partial charge is 0.407 e. The van der Waals surface area contributed by atoms with E-state index in [9.17, 15) is 19.2 Å². The van der Waals surface area contributed by atoms with Crippen LogP contribution in [0.2, 0.25) is 0 Å². The van der Waals surface area contributed by atoms with Gasteiger partial charge in [-0.25, -0.2) is 19.6 Å². The highest BCUT2D eigenvalue weighted by Gasteiger charge is 2.42. The van der Waals surface area contributed by atoms with Gasteiger partial charge in [0.2, 0.25) is 11.8 Å². The molecule has 0 bridgehead atoms. The predicted molar refractivity (Wildman–Crippen MR) is 227 cm³/mol. The van der Waals surface area contributed by atoms with Gasteiger partial charge in [0, 0.05) is 37.1 Å². The fourth-order valence-electron chi connectivity index (χ4n) is 9.09. The molecule has 3 aromatic carbocycles. The number of nitrogens with zero attached hydrogens (tertiary/aromatic N) is 4. The number of amides is 4. The predicted octanol–water partition coefficient (Wildman–Crippen LogP) is 6.63. The van der Waals surface area contributed by atoms with Crippen molar-refractivity contribution in [2.45, 2.75) is 77.7 Å². The maximum atomic E-state index is 14.0. The molecule has 5 heterocycles. The number of carbonyl (C=O) groups excluding carboxylic acids is 4. The lowest BCUT2D eigenvalue weighted by Gasteiger charge is -2.30. The van der Waals surface area contributed by atoms with Crippen LogP contribution in [-0.4, -0.2) is 107 Å². The van der Waals surface area contributed by atoms with Crippen molar-refractivity contribution in [2.75, 3.05) is 41.0 Å². The zero-order chi connectivity index (χ0) is 43.1. The van der Waals surface area contributed by atoms with Gasteiger partial charge in [0.05, 0.1) is 55.3 Å². The third-order valence-electron chi connectivity index (χ3n) is 12.2. The number of imidazole rings is 2. The van der Waals surface area contributed by atoms with Gasteiger partial charge in [-0.2, -0.15) is 0 Å². The zero-order valence-corrected chi connectivity index (χ0v) is 35.7. The molecule has 4 N–H and O–H groups in total. The van der Waals surface area contributed by atoms with Gasteiger partial charge in [0.25, 0.3) is 0 Å². The molecule has 2 aromatic heterocycles. The Balaban J connectivity index is 1.04. The molecular formula is C45H54N8O8. The summed E-state index contributed by atoms with van der Waals surface area (Å²) in [5, 5.41) is 7.43. The number of methoxy groups -OCH3 is 3.